The molecule has 0 radical (unpaired) electrons. The number of carbonyl (C=O) groups is 1. The quantitative estimate of drug-likeness (QED) is 0.663. The molecular formula is C19H17F6NO3. The number of benzene rings is 2. The molecular weight excluding hydrogens is 404 g/mol. The minimum absolute atomic E-state index is 0.0392. The maximum absolute atomic E-state index is 12.9. The average molecular weight is 421 g/mol. The minimum atomic E-state index is -5.04. The molecule has 2 aromatic carbocycles. The lowest BCUT2D eigenvalue weighted by Crippen LogP contribution is -2.37. The normalized spacial score (nSPS) is 14.2. The molecule has 2 unspecified atom stereocenters. The summed E-state index contributed by atoms with van der Waals surface area (Å²) in [6.45, 7) is 1.12. The first-order chi connectivity index (χ1) is 13.4. The zero-order valence-corrected chi connectivity index (χ0v) is 15.0. The molecule has 2 rings (SSSR count). The first kappa shape index (κ1) is 22.5. The monoisotopic (exact) mass is 421 g/mol. The van der Waals surface area contributed by atoms with Crippen molar-refractivity contribution in [3.05, 3.63) is 70.8 Å². The number of nitrogens with one attached hydrogen (secondary N) is 1. The molecule has 2 aromatic rings. The van der Waals surface area contributed by atoms with E-state index < -0.39 is 47.3 Å². The van der Waals surface area contributed by atoms with Crippen LogP contribution < -0.4 is 5.32 Å². The van der Waals surface area contributed by atoms with E-state index in [1.807, 2.05) is 0 Å². The molecule has 0 saturated heterocycles. The SMILES string of the molecule is CC(NC(=O)OCc1ccccc1)C(O)c1cc(C(F)(F)F)cc(C(F)(F)F)c1. The Bertz CT molecular complexity index is 804. The van der Waals surface area contributed by atoms with Gasteiger partial charge in [0.1, 0.15) is 6.61 Å². The Morgan fingerprint density at radius 3 is 2.00 bits per heavy atom. The van der Waals surface area contributed by atoms with E-state index in [-0.39, 0.29) is 12.7 Å². The van der Waals surface area contributed by atoms with Crippen molar-refractivity contribution in [2.45, 2.75) is 38.0 Å². The van der Waals surface area contributed by atoms with Gasteiger partial charge in [0.15, 0.2) is 0 Å². The summed E-state index contributed by atoms with van der Waals surface area (Å²) in [5.74, 6) is 0. The largest absolute Gasteiger partial charge is 0.445 e. The number of ether oxygens (including phenoxy) is 1. The number of amides is 1. The zero-order chi connectivity index (χ0) is 21.8. The lowest BCUT2D eigenvalue weighted by Gasteiger charge is -2.22. The fourth-order valence-electron chi connectivity index (χ4n) is 2.47. The summed E-state index contributed by atoms with van der Waals surface area (Å²) < 4.78 is 82.5. The number of aliphatic hydroxyl groups excluding tert-OH is 1. The van der Waals surface area contributed by atoms with Crippen LogP contribution in [-0.2, 0) is 23.7 Å². The molecule has 0 spiro atoms. The summed E-state index contributed by atoms with van der Waals surface area (Å²) in [5.41, 5.74) is -3.08. The van der Waals surface area contributed by atoms with Crippen molar-refractivity contribution in [1.82, 2.24) is 5.32 Å². The van der Waals surface area contributed by atoms with Crippen molar-refractivity contribution in [2.24, 2.45) is 0 Å². The summed E-state index contributed by atoms with van der Waals surface area (Å²) in [6, 6.07) is 8.13. The Morgan fingerprint density at radius 2 is 1.52 bits per heavy atom. The molecule has 0 aliphatic carbocycles. The molecule has 0 bridgehead atoms. The van der Waals surface area contributed by atoms with E-state index in [0.29, 0.717) is 17.7 Å². The summed E-state index contributed by atoms with van der Waals surface area (Å²) in [4.78, 5) is 11.8. The molecule has 0 fully saturated rings. The second kappa shape index (κ2) is 8.73. The lowest BCUT2D eigenvalue weighted by molar-refractivity contribution is -0.143. The first-order valence-electron chi connectivity index (χ1n) is 8.32. The molecule has 29 heavy (non-hydrogen) atoms. The smallest absolute Gasteiger partial charge is 0.416 e. The summed E-state index contributed by atoms with van der Waals surface area (Å²) in [7, 11) is 0. The molecule has 2 atom stereocenters. The van der Waals surface area contributed by atoms with Gasteiger partial charge in [-0.05, 0) is 36.2 Å². The highest BCUT2D eigenvalue weighted by Crippen LogP contribution is 2.37. The Labute approximate surface area is 162 Å². The third kappa shape index (κ3) is 6.38. The van der Waals surface area contributed by atoms with Crippen LogP contribution in [0.1, 0.15) is 35.3 Å². The van der Waals surface area contributed by atoms with Gasteiger partial charge in [-0.3, -0.25) is 0 Å². The van der Waals surface area contributed by atoms with E-state index in [0.717, 1.165) is 0 Å². The molecule has 0 aliphatic rings. The van der Waals surface area contributed by atoms with Gasteiger partial charge in [0, 0.05) is 0 Å². The van der Waals surface area contributed by atoms with Gasteiger partial charge in [-0.1, -0.05) is 30.3 Å². The van der Waals surface area contributed by atoms with Crippen LogP contribution >= 0.6 is 0 Å². The summed E-state index contributed by atoms with van der Waals surface area (Å²) in [5, 5.41) is 12.4. The Kier molecular flexibility index (Phi) is 6.78. The van der Waals surface area contributed by atoms with Gasteiger partial charge in [0.2, 0.25) is 0 Å². The molecule has 158 valence electrons. The zero-order valence-electron chi connectivity index (χ0n) is 15.0. The standard InChI is InChI=1S/C19H17F6NO3/c1-11(26-17(28)29-10-12-5-3-2-4-6-12)16(27)13-7-14(18(20,21)22)9-15(8-13)19(23,24)25/h2-9,11,16,27H,10H2,1H3,(H,26,28). The van der Waals surface area contributed by atoms with Gasteiger partial charge in [-0.15, -0.1) is 0 Å². The predicted octanol–water partition coefficient (Wildman–Crippen LogP) is 5.07. The van der Waals surface area contributed by atoms with E-state index in [4.69, 9.17) is 4.74 Å². The molecule has 4 nitrogen and oxygen atoms in total. The molecule has 2 N–H and O–H groups in total. The van der Waals surface area contributed by atoms with Gasteiger partial charge in [-0.25, -0.2) is 4.79 Å². The van der Waals surface area contributed by atoms with Crippen molar-refractivity contribution in [3.63, 3.8) is 0 Å². The van der Waals surface area contributed by atoms with E-state index in [2.05, 4.69) is 5.32 Å². The number of hydrogen-bond acceptors (Lipinski definition) is 3. The topological polar surface area (TPSA) is 58.6 Å². The second-order valence-corrected chi connectivity index (χ2v) is 6.28. The summed E-state index contributed by atoms with van der Waals surface area (Å²) in [6.07, 6.45) is -12.9. The van der Waals surface area contributed by atoms with Crippen LogP contribution in [0.2, 0.25) is 0 Å². The number of halogens is 6. The minimum Gasteiger partial charge on any atom is -0.445 e. The van der Waals surface area contributed by atoms with E-state index >= 15 is 0 Å². The molecule has 1 amide bonds. The van der Waals surface area contributed by atoms with E-state index in [1.165, 1.54) is 6.92 Å². The van der Waals surface area contributed by atoms with Crippen molar-refractivity contribution in [3.8, 4) is 0 Å². The fourth-order valence-corrected chi connectivity index (χ4v) is 2.47. The number of aliphatic hydroxyl groups is 1. The number of alkyl carbamates (subject to hydrolysis) is 1. The highest BCUT2D eigenvalue weighted by Gasteiger charge is 2.38. The Balaban J connectivity index is 2.13. The number of hydrogen-bond donors (Lipinski definition) is 2. The molecule has 0 heterocycles. The highest BCUT2D eigenvalue weighted by molar-refractivity contribution is 5.67. The maximum Gasteiger partial charge on any atom is 0.416 e. The molecule has 0 aromatic heterocycles. The predicted molar refractivity (Wildman–Crippen MR) is 90.6 cm³/mol. The molecule has 10 heteroatoms. The lowest BCUT2D eigenvalue weighted by atomic mass is 9.97. The van der Waals surface area contributed by atoms with Gasteiger partial charge < -0.3 is 15.2 Å². The third-order valence-corrected chi connectivity index (χ3v) is 3.98. The van der Waals surface area contributed by atoms with Crippen LogP contribution in [0.5, 0.6) is 0 Å². The highest BCUT2D eigenvalue weighted by atomic mass is 19.4. The van der Waals surface area contributed by atoms with Crippen LogP contribution in [0, 0.1) is 0 Å². The van der Waals surface area contributed by atoms with Crippen LogP contribution in [0.4, 0.5) is 31.1 Å². The van der Waals surface area contributed by atoms with Crippen LogP contribution in [0.15, 0.2) is 48.5 Å². The van der Waals surface area contributed by atoms with Crippen molar-refractivity contribution in [2.75, 3.05) is 0 Å². The number of carbonyl (C=O) groups excluding carboxylic acids is 1. The average Bonchev–Trinajstić information content (AvgIpc) is 2.64. The van der Waals surface area contributed by atoms with Gasteiger partial charge in [-0.2, -0.15) is 26.3 Å². The molecule has 0 aliphatic heterocycles. The fraction of sp³-hybridized carbons (Fsp3) is 0.316. The van der Waals surface area contributed by atoms with Crippen molar-refractivity contribution < 1.29 is 41.0 Å². The van der Waals surface area contributed by atoms with Crippen LogP contribution in [-0.4, -0.2) is 17.2 Å². The van der Waals surface area contributed by atoms with Gasteiger partial charge in [0.05, 0.1) is 23.3 Å². The summed E-state index contributed by atoms with van der Waals surface area (Å²) >= 11 is 0. The Morgan fingerprint density at radius 1 is 1.00 bits per heavy atom. The third-order valence-electron chi connectivity index (χ3n) is 3.98. The van der Waals surface area contributed by atoms with Crippen LogP contribution in [0.3, 0.4) is 0 Å². The Hall–Kier alpha value is -2.75. The second-order valence-electron chi connectivity index (χ2n) is 6.28. The van der Waals surface area contributed by atoms with E-state index in [1.54, 1.807) is 30.3 Å². The number of alkyl halides is 6. The maximum atomic E-state index is 12.9. The van der Waals surface area contributed by atoms with Gasteiger partial charge in [0.25, 0.3) is 0 Å². The van der Waals surface area contributed by atoms with Crippen molar-refractivity contribution in [1.29, 1.82) is 0 Å². The first-order valence-corrected chi connectivity index (χ1v) is 8.32. The van der Waals surface area contributed by atoms with Crippen LogP contribution in [0.25, 0.3) is 0 Å². The van der Waals surface area contributed by atoms with Gasteiger partial charge >= 0.3 is 18.4 Å². The molecule has 0 saturated carbocycles. The van der Waals surface area contributed by atoms with Crippen molar-refractivity contribution >= 4 is 6.09 Å². The number of rotatable bonds is 5. The van der Waals surface area contributed by atoms with E-state index in [9.17, 15) is 36.2 Å².